The van der Waals surface area contributed by atoms with E-state index in [1.54, 1.807) is 0 Å². The fraction of sp³-hybridized carbons (Fsp3) is 0.625. The zero-order valence-corrected chi connectivity index (χ0v) is 12.5. The molecule has 1 atom stereocenters. The highest BCUT2D eigenvalue weighted by Gasteiger charge is 2.19. The summed E-state index contributed by atoms with van der Waals surface area (Å²) >= 11 is 0. The van der Waals surface area contributed by atoms with Crippen LogP contribution in [-0.2, 0) is 11.2 Å². The third-order valence-corrected chi connectivity index (χ3v) is 3.25. The van der Waals surface area contributed by atoms with Crippen LogP contribution >= 0.6 is 0 Å². The fourth-order valence-corrected chi connectivity index (χ4v) is 2.28. The predicted molar refractivity (Wildman–Crippen MR) is 77.8 cm³/mol. The summed E-state index contributed by atoms with van der Waals surface area (Å²) in [5, 5.41) is 3.50. The van der Waals surface area contributed by atoms with Crippen molar-refractivity contribution in [3.05, 3.63) is 29.3 Å². The number of benzene rings is 1. The van der Waals surface area contributed by atoms with Gasteiger partial charge in [-0.2, -0.15) is 0 Å². The van der Waals surface area contributed by atoms with Crippen LogP contribution in [0.5, 0.6) is 5.75 Å². The van der Waals surface area contributed by atoms with Gasteiger partial charge in [0.1, 0.15) is 5.75 Å². The summed E-state index contributed by atoms with van der Waals surface area (Å²) in [6.07, 6.45) is 1.02. The molecular weight excluding hydrogens is 238 g/mol. The standard InChI is InChI=1S/C16H25NO2/c1-5-17-14(11-19-16(2,3)4)12-6-7-15-13(10-12)8-9-18-15/h6-7,10,14,17H,5,8-9,11H2,1-4H3. The number of likely N-dealkylation sites (N-methyl/N-ethyl adjacent to an activating group) is 1. The normalized spacial score (nSPS) is 16.0. The van der Waals surface area contributed by atoms with Crippen molar-refractivity contribution in [3.63, 3.8) is 0 Å². The highest BCUT2D eigenvalue weighted by molar-refractivity contribution is 5.40. The molecule has 1 heterocycles. The first-order valence-electron chi connectivity index (χ1n) is 7.12. The van der Waals surface area contributed by atoms with Crippen LogP contribution in [0.2, 0.25) is 0 Å². The van der Waals surface area contributed by atoms with Gasteiger partial charge in [-0.3, -0.25) is 0 Å². The van der Waals surface area contributed by atoms with Gasteiger partial charge in [0.15, 0.2) is 0 Å². The average Bonchev–Trinajstić information content (AvgIpc) is 2.80. The van der Waals surface area contributed by atoms with Crippen molar-refractivity contribution in [2.75, 3.05) is 19.8 Å². The van der Waals surface area contributed by atoms with Gasteiger partial charge in [0.2, 0.25) is 0 Å². The third kappa shape index (κ3) is 3.95. The minimum absolute atomic E-state index is 0.104. The zero-order chi connectivity index (χ0) is 13.9. The van der Waals surface area contributed by atoms with Gasteiger partial charge in [-0.15, -0.1) is 0 Å². The summed E-state index contributed by atoms with van der Waals surface area (Å²) in [5.74, 6) is 1.04. The first kappa shape index (κ1) is 14.4. The summed E-state index contributed by atoms with van der Waals surface area (Å²) in [7, 11) is 0. The van der Waals surface area contributed by atoms with Crippen LogP contribution in [0.4, 0.5) is 0 Å². The van der Waals surface area contributed by atoms with E-state index < -0.39 is 0 Å². The molecule has 1 aromatic carbocycles. The SMILES string of the molecule is CCNC(COC(C)(C)C)c1ccc2c(c1)CCO2. The van der Waals surface area contributed by atoms with Crippen LogP contribution < -0.4 is 10.1 Å². The molecule has 1 unspecified atom stereocenters. The van der Waals surface area contributed by atoms with Gasteiger partial charge in [-0.1, -0.05) is 19.1 Å². The molecule has 0 saturated heterocycles. The Morgan fingerprint density at radius 2 is 2.16 bits per heavy atom. The Morgan fingerprint density at radius 1 is 1.37 bits per heavy atom. The van der Waals surface area contributed by atoms with E-state index in [-0.39, 0.29) is 11.6 Å². The molecule has 19 heavy (non-hydrogen) atoms. The number of rotatable bonds is 5. The van der Waals surface area contributed by atoms with Gasteiger partial charge >= 0.3 is 0 Å². The van der Waals surface area contributed by atoms with Crippen LogP contribution in [0.25, 0.3) is 0 Å². The molecule has 0 bridgehead atoms. The molecule has 0 aromatic heterocycles. The Bertz CT molecular complexity index is 423. The Morgan fingerprint density at radius 3 is 2.84 bits per heavy atom. The molecule has 1 aromatic rings. The first-order valence-corrected chi connectivity index (χ1v) is 7.12. The lowest BCUT2D eigenvalue weighted by molar-refractivity contribution is -0.0146. The molecule has 1 N–H and O–H groups in total. The van der Waals surface area contributed by atoms with Crippen LogP contribution in [-0.4, -0.2) is 25.4 Å². The van der Waals surface area contributed by atoms with Crippen LogP contribution in [0.1, 0.15) is 44.9 Å². The van der Waals surface area contributed by atoms with Crippen molar-refractivity contribution in [1.82, 2.24) is 5.32 Å². The minimum Gasteiger partial charge on any atom is -0.493 e. The molecule has 0 spiro atoms. The van der Waals surface area contributed by atoms with Gasteiger partial charge in [0.25, 0.3) is 0 Å². The monoisotopic (exact) mass is 263 g/mol. The minimum atomic E-state index is -0.104. The van der Waals surface area contributed by atoms with E-state index in [1.165, 1.54) is 11.1 Å². The van der Waals surface area contributed by atoms with Gasteiger partial charge in [-0.25, -0.2) is 0 Å². The molecule has 0 amide bonds. The predicted octanol–water partition coefficient (Wildman–Crippen LogP) is 3.09. The second-order valence-corrected chi connectivity index (χ2v) is 6.00. The maximum atomic E-state index is 5.92. The molecule has 0 radical (unpaired) electrons. The smallest absolute Gasteiger partial charge is 0.122 e. The Hall–Kier alpha value is -1.06. The summed E-state index contributed by atoms with van der Waals surface area (Å²) in [6.45, 7) is 10.8. The maximum absolute atomic E-state index is 5.92. The Kier molecular flexibility index (Phi) is 4.48. The van der Waals surface area contributed by atoms with E-state index in [9.17, 15) is 0 Å². The molecule has 106 valence electrons. The van der Waals surface area contributed by atoms with Gasteiger partial charge in [0.05, 0.1) is 24.9 Å². The number of hydrogen-bond acceptors (Lipinski definition) is 3. The number of nitrogens with one attached hydrogen (secondary N) is 1. The van der Waals surface area contributed by atoms with Crippen molar-refractivity contribution in [2.24, 2.45) is 0 Å². The topological polar surface area (TPSA) is 30.5 Å². The lowest BCUT2D eigenvalue weighted by Crippen LogP contribution is -2.30. The highest BCUT2D eigenvalue weighted by Crippen LogP contribution is 2.28. The van der Waals surface area contributed by atoms with Gasteiger partial charge in [-0.05, 0) is 44.5 Å². The molecule has 1 aliphatic heterocycles. The molecule has 1 aliphatic rings. The third-order valence-electron chi connectivity index (χ3n) is 3.25. The number of hydrogen-bond donors (Lipinski definition) is 1. The molecule has 0 saturated carbocycles. The molecule has 3 nitrogen and oxygen atoms in total. The molecule has 2 rings (SSSR count). The van der Waals surface area contributed by atoms with Gasteiger partial charge < -0.3 is 14.8 Å². The molecular formula is C16H25NO2. The van der Waals surface area contributed by atoms with Crippen molar-refractivity contribution in [1.29, 1.82) is 0 Å². The van der Waals surface area contributed by atoms with Crippen molar-refractivity contribution >= 4 is 0 Å². The second kappa shape index (κ2) is 5.93. The average molecular weight is 263 g/mol. The first-order chi connectivity index (χ1) is 8.99. The second-order valence-electron chi connectivity index (χ2n) is 6.00. The zero-order valence-electron chi connectivity index (χ0n) is 12.5. The maximum Gasteiger partial charge on any atom is 0.122 e. The van der Waals surface area contributed by atoms with E-state index >= 15 is 0 Å². The van der Waals surface area contributed by atoms with Crippen molar-refractivity contribution < 1.29 is 9.47 Å². The highest BCUT2D eigenvalue weighted by atomic mass is 16.5. The van der Waals surface area contributed by atoms with Crippen LogP contribution in [0, 0.1) is 0 Å². The fourth-order valence-electron chi connectivity index (χ4n) is 2.28. The largest absolute Gasteiger partial charge is 0.493 e. The number of ether oxygens (including phenoxy) is 2. The summed E-state index contributed by atoms with van der Waals surface area (Å²) < 4.78 is 11.5. The van der Waals surface area contributed by atoms with Crippen LogP contribution in [0.15, 0.2) is 18.2 Å². The summed E-state index contributed by atoms with van der Waals surface area (Å²) in [5.41, 5.74) is 2.50. The molecule has 0 fully saturated rings. The van der Waals surface area contributed by atoms with E-state index in [0.29, 0.717) is 6.61 Å². The Labute approximate surface area is 116 Å². The van der Waals surface area contributed by atoms with Crippen molar-refractivity contribution in [2.45, 2.75) is 45.8 Å². The molecule has 3 heteroatoms. The molecule has 0 aliphatic carbocycles. The van der Waals surface area contributed by atoms with E-state index in [2.05, 4.69) is 51.2 Å². The van der Waals surface area contributed by atoms with Crippen LogP contribution in [0.3, 0.4) is 0 Å². The van der Waals surface area contributed by atoms with Crippen molar-refractivity contribution in [3.8, 4) is 5.75 Å². The quantitative estimate of drug-likeness (QED) is 0.885. The van der Waals surface area contributed by atoms with E-state index in [4.69, 9.17) is 9.47 Å². The lowest BCUT2D eigenvalue weighted by atomic mass is 10.0. The lowest BCUT2D eigenvalue weighted by Gasteiger charge is -2.25. The summed E-state index contributed by atoms with van der Waals surface area (Å²) in [6, 6.07) is 6.72. The Balaban J connectivity index is 2.10. The number of fused-ring (bicyclic) bond motifs is 1. The van der Waals surface area contributed by atoms with E-state index in [1.807, 2.05) is 0 Å². The van der Waals surface area contributed by atoms with E-state index in [0.717, 1.165) is 25.3 Å². The summed E-state index contributed by atoms with van der Waals surface area (Å²) in [4.78, 5) is 0. The van der Waals surface area contributed by atoms with Gasteiger partial charge in [0, 0.05) is 6.42 Å².